The highest BCUT2D eigenvalue weighted by atomic mass is 32.2. The molecule has 1 unspecified atom stereocenters. The van der Waals surface area contributed by atoms with Gasteiger partial charge in [0.25, 0.3) is 0 Å². The molecule has 2 heterocycles. The van der Waals surface area contributed by atoms with Gasteiger partial charge in [-0.25, -0.2) is 0 Å². The zero-order chi connectivity index (χ0) is 22.2. The maximum Gasteiger partial charge on any atom is 0.236 e. The molecule has 3 aromatic rings. The standard InChI is InChI=1S/C20H24N6O3S2/c1-5-11-26-18(13(3)29-15-9-7-14(28-4)8-10-15)23-25-20(26)30-12-16(27)21-19-24-22-17(6-2)31-19/h5,7-10,13H,1,6,11-12H2,2-4H3,(H,21,24,27). The van der Waals surface area contributed by atoms with Crippen LogP contribution in [0.5, 0.6) is 11.5 Å². The molecule has 1 amide bonds. The fraction of sp³-hybridized carbons (Fsp3) is 0.350. The number of nitrogens with zero attached hydrogens (tertiary/aromatic N) is 5. The van der Waals surface area contributed by atoms with Crippen LogP contribution in [0.25, 0.3) is 0 Å². The van der Waals surface area contributed by atoms with Crippen molar-refractivity contribution < 1.29 is 14.3 Å². The molecule has 3 rings (SSSR count). The van der Waals surface area contributed by atoms with Crippen molar-refractivity contribution in [1.29, 1.82) is 0 Å². The number of allylic oxidation sites excluding steroid dienone is 1. The third-order valence-corrected chi connectivity index (χ3v) is 6.09. The van der Waals surface area contributed by atoms with Gasteiger partial charge in [-0.15, -0.1) is 27.0 Å². The second-order valence-electron chi connectivity index (χ2n) is 6.37. The first-order valence-electron chi connectivity index (χ1n) is 9.63. The summed E-state index contributed by atoms with van der Waals surface area (Å²) in [6, 6.07) is 7.33. The number of hydrogen-bond donors (Lipinski definition) is 1. The Bertz CT molecular complexity index is 1020. The van der Waals surface area contributed by atoms with Crippen molar-refractivity contribution >= 4 is 34.1 Å². The largest absolute Gasteiger partial charge is 0.497 e. The van der Waals surface area contributed by atoms with E-state index in [0.29, 0.717) is 28.4 Å². The number of aromatic nitrogens is 5. The van der Waals surface area contributed by atoms with Crippen molar-refractivity contribution in [1.82, 2.24) is 25.0 Å². The Balaban J connectivity index is 1.64. The average Bonchev–Trinajstić information content (AvgIpc) is 3.40. The number of benzene rings is 1. The molecular weight excluding hydrogens is 436 g/mol. The molecule has 31 heavy (non-hydrogen) atoms. The first-order chi connectivity index (χ1) is 15.0. The lowest BCUT2D eigenvalue weighted by atomic mass is 10.3. The SMILES string of the molecule is C=CCn1c(SCC(=O)Nc2nnc(CC)s2)nnc1C(C)Oc1ccc(OC)cc1. The Kier molecular flexibility index (Phi) is 8.01. The molecule has 0 aliphatic rings. The van der Waals surface area contributed by atoms with Gasteiger partial charge in [0.05, 0.1) is 12.9 Å². The number of nitrogens with one attached hydrogen (secondary N) is 1. The summed E-state index contributed by atoms with van der Waals surface area (Å²) < 4.78 is 13.1. The predicted molar refractivity (Wildman–Crippen MR) is 121 cm³/mol. The number of ether oxygens (including phenoxy) is 2. The topological polar surface area (TPSA) is 104 Å². The first kappa shape index (κ1) is 22.8. The monoisotopic (exact) mass is 460 g/mol. The van der Waals surface area contributed by atoms with Gasteiger partial charge in [-0.2, -0.15) is 0 Å². The van der Waals surface area contributed by atoms with Gasteiger partial charge in [0.1, 0.15) is 16.5 Å². The molecule has 0 aliphatic carbocycles. The number of carbonyl (C=O) groups excluding carboxylic acids is 1. The molecule has 0 spiro atoms. The normalized spacial score (nSPS) is 11.7. The van der Waals surface area contributed by atoms with Gasteiger partial charge in [-0.05, 0) is 37.6 Å². The highest BCUT2D eigenvalue weighted by molar-refractivity contribution is 7.99. The molecule has 0 aliphatic heterocycles. The van der Waals surface area contributed by atoms with Gasteiger partial charge in [-0.1, -0.05) is 36.1 Å². The molecule has 164 valence electrons. The van der Waals surface area contributed by atoms with E-state index in [9.17, 15) is 4.79 Å². The van der Waals surface area contributed by atoms with Crippen molar-refractivity contribution in [3.05, 3.63) is 47.8 Å². The van der Waals surface area contributed by atoms with E-state index in [1.54, 1.807) is 13.2 Å². The molecule has 2 aromatic heterocycles. The molecule has 0 fully saturated rings. The van der Waals surface area contributed by atoms with Gasteiger partial charge >= 0.3 is 0 Å². The summed E-state index contributed by atoms with van der Waals surface area (Å²) in [7, 11) is 1.62. The zero-order valence-electron chi connectivity index (χ0n) is 17.6. The lowest BCUT2D eigenvalue weighted by Gasteiger charge is -2.16. The second kappa shape index (κ2) is 10.9. The van der Waals surface area contributed by atoms with Gasteiger partial charge in [0.2, 0.25) is 11.0 Å². The van der Waals surface area contributed by atoms with Gasteiger partial charge in [0, 0.05) is 6.54 Å². The Hall–Kier alpha value is -2.92. The van der Waals surface area contributed by atoms with E-state index < -0.39 is 0 Å². The Morgan fingerprint density at radius 2 is 2.00 bits per heavy atom. The van der Waals surface area contributed by atoms with Crippen molar-refractivity contribution in [3.63, 3.8) is 0 Å². The molecule has 1 atom stereocenters. The third-order valence-electron chi connectivity index (χ3n) is 4.14. The fourth-order valence-corrected chi connectivity index (χ4v) is 4.10. The lowest BCUT2D eigenvalue weighted by molar-refractivity contribution is -0.113. The highest BCUT2D eigenvalue weighted by Crippen LogP contribution is 2.26. The van der Waals surface area contributed by atoms with Gasteiger partial charge in [-0.3, -0.25) is 14.7 Å². The van der Waals surface area contributed by atoms with Gasteiger partial charge < -0.3 is 9.47 Å². The van der Waals surface area contributed by atoms with E-state index in [0.717, 1.165) is 17.2 Å². The highest BCUT2D eigenvalue weighted by Gasteiger charge is 2.20. The number of rotatable bonds is 11. The molecule has 11 heteroatoms. The maximum absolute atomic E-state index is 12.3. The number of anilines is 1. The Labute approximate surface area is 188 Å². The van der Waals surface area contributed by atoms with Crippen molar-refractivity contribution in [2.45, 2.75) is 38.1 Å². The van der Waals surface area contributed by atoms with Gasteiger partial charge in [0.15, 0.2) is 17.1 Å². The summed E-state index contributed by atoms with van der Waals surface area (Å²) >= 11 is 2.66. The third kappa shape index (κ3) is 6.05. The maximum atomic E-state index is 12.3. The fourth-order valence-electron chi connectivity index (χ4n) is 2.65. The molecular formula is C20H24N6O3S2. The van der Waals surface area contributed by atoms with E-state index in [1.165, 1.54) is 23.1 Å². The summed E-state index contributed by atoms with van der Waals surface area (Å²) in [6.07, 6.45) is 2.19. The van der Waals surface area contributed by atoms with E-state index >= 15 is 0 Å². The van der Waals surface area contributed by atoms with E-state index in [1.807, 2.05) is 42.7 Å². The molecule has 0 radical (unpaired) electrons. The Morgan fingerprint density at radius 1 is 1.26 bits per heavy atom. The van der Waals surface area contributed by atoms with Crippen LogP contribution < -0.4 is 14.8 Å². The van der Waals surface area contributed by atoms with Crippen molar-refractivity contribution in [3.8, 4) is 11.5 Å². The molecule has 1 N–H and O–H groups in total. The molecule has 0 saturated heterocycles. The minimum absolute atomic E-state index is 0.171. The number of amides is 1. The predicted octanol–water partition coefficient (Wildman–Crippen LogP) is 3.76. The minimum atomic E-state index is -0.349. The van der Waals surface area contributed by atoms with Crippen LogP contribution in [-0.4, -0.2) is 43.7 Å². The number of hydrogen-bond acceptors (Lipinski definition) is 9. The van der Waals surface area contributed by atoms with Crippen molar-refractivity contribution in [2.24, 2.45) is 0 Å². The molecule has 1 aromatic carbocycles. The molecule has 0 bridgehead atoms. The Morgan fingerprint density at radius 3 is 2.65 bits per heavy atom. The van der Waals surface area contributed by atoms with Crippen LogP contribution in [0.2, 0.25) is 0 Å². The van der Waals surface area contributed by atoms with E-state index in [-0.39, 0.29) is 17.8 Å². The second-order valence-corrected chi connectivity index (χ2v) is 8.37. The van der Waals surface area contributed by atoms with Crippen LogP contribution in [-0.2, 0) is 17.8 Å². The van der Waals surface area contributed by atoms with Crippen LogP contribution in [0.3, 0.4) is 0 Å². The summed E-state index contributed by atoms with van der Waals surface area (Å²) in [5, 5.41) is 21.2. The van der Waals surface area contributed by atoms with Crippen LogP contribution in [0, 0.1) is 0 Å². The summed E-state index contributed by atoms with van der Waals surface area (Å²) in [5.74, 6) is 2.09. The quantitative estimate of drug-likeness (QED) is 0.341. The van der Waals surface area contributed by atoms with E-state index in [4.69, 9.17) is 9.47 Å². The first-order valence-corrected chi connectivity index (χ1v) is 11.4. The lowest BCUT2D eigenvalue weighted by Crippen LogP contribution is -2.15. The molecule has 0 saturated carbocycles. The summed E-state index contributed by atoms with van der Waals surface area (Å²) in [6.45, 7) is 8.20. The number of thioether (sulfide) groups is 1. The van der Waals surface area contributed by atoms with Crippen LogP contribution >= 0.6 is 23.1 Å². The molecule has 9 nitrogen and oxygen atoms in total. The average molecular weight is 461 g/mol. The number of carbonyl (C=O) groups is 1. The minimum Gasteiger partial charge on any atom is -0.497 e. The number of methoxy groups -OCH3 is 1. The smallest absolute Gasteiger partial charge is 0.236 e. The zero-order valence-corrected chi connectivity index (χ0v) is 19.2. The van der Waals surface area contributed by atoms with Crippen LogP contribution in [0.4, 0.5) is 5.13 Å². The van der Waals surface area contributed by atoms with Crippen LogP contribution in [0.15, 0.2) is 42.1 Å². The van der Waals surface area contributed by atoms with E-state index in [2.05, 4.69) is 32.3 Å². The summed E-state index contributed by atoms with van der Waals surface area (Å²) in [4.78, 5) is 12.3. The van der Waals surface area contributed by atoms with Crippen molar-refractivity contribution in [2.75, 3.05) is 18.2 Å². The summed E-state index contributed by atoms with van der Waals surface area (Å²) in [5.41, 5.74) is 0. The number of aryl methyl sites for hydroxylation is 1. The van der Waals surface area contributed by atoms with Crippen LogP contribution in [0.1, 0.15) is 30.8 Å².